The number of aryl methyl sites for hydroxylation is 1. The Kier molecular flexibility index (Phi) is 15.5. The number of methoxy groups -OCH3 is 1. The summed E-state index contributed by atoms with van der Waals surface area (Å²) in [7, 11) is 1.21. The molecular formula is C30H48N4O7. The largest absolute Gasteiger partial charge is 0.468 e. The summed E-state index contributed by atoms with van der Waals surface area (Å²) in [6.07, 6.45) is 4.61. The van der Waals surface area contributed by atoms with Crippen LogP contribution in [0.2, 0.25) is 0 Å². The van der Waals surface area contributed by atoms with Crippen molar-refractivity contribution in [3.05, 3.63) is 35.4 Å². The van der Waals surface area contributed by atoms with Crippen LogP contribution in [0.15, 0.2) is 24.3 Å². The number of unbranched alkanes of at least 4 members (excludes halogenated alkanes) is 5. The number of hydrogen-bond donors (Lipinski definition) is 3. The topological polar surface area (TPSA) is 157 Å². The van der Waals surface area contributed by atoms with Crippen molar-refractivity contribution in [2.45, 2.75) is 104 Å². The highest BCUT2D eigenvalue weighted by Gasteiger charge is 2.36. The standard InChI is InChI=1S/C30H48N4O7/c1-7-8-9-10-11-12-18-34(28(38)23(16-17-24(31)35)33-29(39)41-30(3,4)5)26(22-15-13-14-21(2)19-22)27(37)32-20-25(36)40-6/h13-15,19,23,26H,7-12,16-18,20H2,1-6H3,(H2,31,35)(H,32,37)(H,33,39). The third kappa shape index (κ3) is 14.0. The van der Waals surface area contributed by atoms with Crippen LogP contribution in [0.1, 0.15) is 96.2 Å². The summed E-state index contributed by atoms with van der Waals surface area (Å²) in [6, 6.07) is 4.88. The molecule has 0 saturated heterocycles. The molecule has 1 aromatic rings. The van der Waals surface area contributed by atoms with Crippen LogP contribution in [0.5, 0.6) is 0 Å². The number of primary amides is 1. The van der Waals surface area contributed by atoms with Crippen LogP contribution in [0.4, 0.5) is 4.79 Å². The molecule has 0 aliphatic rings. The van der Waals surface area contributed by atoms with Crippen molar-refractivity contribution >= 4 is 29.8 Å². The molecular weight excluding hydrogens is 528 g/mol. The molecule has 1 aromatic carbocycles. The first kappa shape index (κ1) is 35.4. The zero-order valence-electron chi connectivity index (χ0n) is 25.4. The zero-order valence-corrected chi connectivity index (χ0v) is 25.4. The number of nitrogens with two attached hydrogens (primary N) is 1. The minimum atomic E-state index is -1.18. The molecule has 4 N–H and O–H groups in total. The molecule has 0 aliphatic carbocycles. The van der Waals surface area contributed by atoms with E-state index < -0.39 is 47.5 Å². The molecule has 0 aliphatic heterocycles. The first-order valence-electron chi connectivity index (χ1n) is 14.3. The van der Waals surface area contributed by atoms with Gasteiger partial charge in [-0.25, -0.2) is 4.79 Å². The van der Waals surface area contributed by atoms with Gasteiger partial charge in [0.05, 0.1) is 7.11 Å². The van der Waals surface area contributed by atoms with Crippen molar-refractivity contribution in [2.75, 3.05) is 20.2 Å². The minimum Gasteiger partial charge on any atom is -0.468 e. The van der Waals surface area contributed by atoms with Crippen molar-refractivity contribution in [3.63, 3.8) is 0 Å². The monoisotopic (exact) mass is 576 g/mol. The van der Waals surface area contributed by atoms with Gasteiger partial charge in [-0.3, -0.25) is 19.2 Å². The lowest BCUT2D eigenvalue weighted by Crippen LogP contribution is -2.53. The van der Waals surface area contributed by atoms with Gasteiger partial charge in [0, 0.05) is 13.0 Å². The van der Waals surface area contributed by atoms with Crippen molar-refractivity contribution in [2.24, 2.45) is 5.73 Å². The van der Waals surface area contributed by atoms with E-state index in [1.807, 2.05) is 13.0 Å². The molecule has 11 nitrogen and oxygen atoms in total. The van der Waals surface area contributed by atoms with E-state index in [1.54, 1.807) is 39.0 Å². The van der Waals surface area contributed by atoms with Gasteiger partial charge in [0.15, 0.2) is 0 Å². The van der Waals surface area contributed by atoms with E-state index in [-0.39, 0.29) is 25.9 Å². The fourth-order valence-electron chi connectivity index (χ4n) is 4.26. The molecule has 0 heterocycles. The second-order valence-electron chi connectivity index (χ2n) is 11.1. The lowest BCUT2D eigenvalue weighted by Gasteiger charge is -2.34. The third-order valence-electron chi connectivity index (χ3n) is 6.26. The molecule has 0 aromatic heterocycles. The Bertz CT molecular complexity index is 1020. The fraction of sp³-hybridized carbons (Fsp3) is 0.633. The van der Waals surface area contributed by atoms with E-state index in [9.17, 15) is 24.0 Å². The van der Waals surface area contributed by atoms with E-state index in [1.165, 1.54) is 12.0 Å². The molecule has 4 amide bonds. The molecule has 2 atom stereocenters. The Morgan fingerprint density at radius 3 is 2.27 bits per heavy atom. The molecule has 41 heavy (non-hydrogen) atoms. The Labute approximate surface area is 243 Å². The van der Waals surface area contributed by atoms with E-state index in [0.717, 1.165) is 37.7 Å². The van der Waals surface area contributed by atoms with Gasteiger partial charge in [-0.2, -0.15) is 0 Å². The van der Waals surface area contributed by atoms with Gasteiger partial charge in [0.2, 0.25) is 17.7 Å². The summed E-state index contributed by atoms with van der Waals surface area (Å²) in [5.74, 6) is -2.42. The van der Waals surface area contributed by atoms with E-state index in [4.69, 9.17) is 10.5 Å². The second-order valence-corrected chi connectivity index (χ2v) is 11.1. The molecule has 11 heteroatoms. The molecule has 1 rings (SSSR count). The predicted octanol–water partition coefficient (Wildman–Crippen LogP) is 3.67. The Morgan fingerprint density at radius 2 is 1.68 bits per heavy atom. The van der Waals surface area contributed by atoms with E-state index in [2.05, 4.69) is 22.3 Å². The summed E-state index contributed by atoms with van der Waals surface area (Å²) >= 11 is 0. The molecule has 0 saturated carbocycles. The summed E-state index contributed by atoms with van der Waals surface area (Å²) in [6.45, 7) is 8.90. The summed E-state index contributed by atoms with van der Waals surface area (Å²) < 4.78 is 10.0. The third-order valence-corrected chi connectivity index (χ3v) is 6.26. The quantitative estimate of drug-likeness (QED) is 0.189. The average Bonchev–Trinajstić information content (AvgIpc) is 2.89. The highest BCUT2D eigenvalue weighted by Crippen LogP contribution is 2.25. The Balaban J connectivity index is 3.47. The highest BCUT2D eigenvalue weighted by atomic mass is 16.6. The Morgan fingerprint density at radius 1 is 1.02 bits per heavy atom. The molecule has 2 unspecified atom stereocenters. The number of ether oxygens (including phenoxy) is 2. The van der Waals surface area contributed by atoms with Crippen LogP contribution in [-0.2, 0) is 28.7 Å². The predicted molar refractivity (Wildman–Crippen MR) is 156 cm³/mol. The number of alkyl carbamates (subject to hydrolysis) is 1. The summed E-state index contributed by atoms with van der Waals surface area (Å²) in [4.78, 5) is 65.3. The van der Waals surface area contributed by atoms with Gasteiger partial charge < -0.3 is 30.7 Å². The Hall–Kier alpha value is -3.63. The van der Waals surface area contributed by atoms with Gasteiger partial charge >= 0.3 is 12.1 Å². The zero-order chi connectivity index (χ0) is 31.0. The molecule has 0 spiro atoms. The van der Waals surface area contributed by atoms with Crippen molar-refractivity contribution in [1.82, 2.24) is 15.5 Å². The van der Waals surface area contributed by atoms with Gasteiger partial charge in [-0.05, 0) is 46.1 Å². The summed E-state index contributed by atoms with van der Waals surface area (Å²) in [5, 5.41) is 5.15. The average molecular weight is 577 g/mol. The lowest BCUT2D eigenvalue weighted by molar-refractivity contribution is -0.145. The number of amides is 4. The van der Waals surface area contributed by atoms with Crippen molar-refractivity contribution in [1.29, 1.82) is 0 Å². The van der Waals surface area contributed by atoms with Crippen LogP contribution in [0.25, 0.3) is 0 Å². The normalized spacial score (nSPS) is 12.5. The first-order valence-corrected chi connectivity index (χ1v) is 14.3. The van der Waals surface area contributed by atoms with Gasteiger partial charge in [0.25, 0.3) is 0 Å². The maximum absolute atomic E-state index is 14.2. The van der Waals surface area contributed by atoms with Crippen LogP contribution in [0.3, 0.4) is 0 Å². The first-order chi connectivity index (χ1) is 19.3. The number of benzene rings is 1. The molecule has 230 valence electrons. The van der Waals surface area contributed by atoms with Gasteiger partial charge in [-0.15, -0.1) is 0 Å². The number of carbonyl (C=O) groups is 5. The number of esters is 1. The van der Waals surface area contributed by atoms with Crippen LogP contribution >= 0.6 is 0 Å². The smallest absolute Gasteiger partial charge is 0.408 e. The maximum atomic E-state index is 14.2. The van der Waals surface area contributed by atoms with Crippen LogP contribution in [0, 0.1) is 6.92 Å². The van der Waals surface area contributed by atoms with Gasteiger partial charge in [0.1, 0.15) is 24.2 Å². The number of nitrogens with zero attached hydrogens (tertiary/aromatic N) is 1. The fourth-order valence-corrected chi connectivity index (χ4v) is 4.26. The van der Waals surface area contributed by atoms with Crippen molar-refractivity contribution in [3.8, 4) is 0 Å². The number of nitrogens with one attached hydrogen (secondary N) is 2. The molecule has 0 bridgehead atoms. The second kappa shape index (κ2) is 17.9. The van der Waals surface area contributed by atoms with Crippen LogP contribution in [-0.4, -0.2) is 66.5 Å². The minimum absolute atomic E-state index is 0.0786. The summed E-state index contributed by atoms with van der Waals surface area (Å²) in [5.41, 5.74) is 5.96. The number of hydrogen-bond acceptors (Lipinski definition) is 7. The highest BCUT2D eigenvalue weighted by molar-refractivity contribution is 5.93. The SMILES string of the molecule is CCCCCCCCN(C(=O)C(CCC(N)=O)NC(=O)OC(C)(C)C)C(C(=O)NCC(=O)OC)c1cccc(C)c1. The van der Waals surface area contributed by atoms with Crippen LogP contribution < -0.4 is 16.4 Å². The number of carbonyl (C=O) groups excluding carboxylic acids is 5. The molecule has 0 fully saturated rings. The maximum Gasteiger partial charge on any atom is 0.408 e. The molecule has 0 radical (unpaired) electrons. The number of rotatable bonds is 17. The van der Waals surface area contributed by atoms with E-state index >= 15 is 0 Å². The lowest BCUT2D eigenvalue weighted by atomic mass is 9.99. The van der Waals surface area contributed by atoms with Crippen molar-refractivity contribution < 1.29 is 33.4 Å². The van der Waals surface area contributed by atoms with E-state index in [0.29, 0.717) is 12.0 Å². The van der Waals surface area contributed by atoms with Gasteiger partial charge in [-0.1, -0.05) is 68.9 Å².